The third kappa shape index (κ3) is 2.20. The Morgan fingerprint density at radius 2 is 1.91 bits per heavy atom. The lowest BCUT2D eigenvalue weighted by molar-refractivity contribution is 0.108. The van der Waals surface area contributed by atoms with Crippen molar-refractivity contribution in [3.05, 3.63) is 29.8 Å². The number of hydrogen-bond acceptors (Lipinski definition) is 2. The van der Waals surface area contributed by atoms with Gasteiger partial charge in [0.2, 0.25) is 0 Å². The summed E-state index contributed by atoms with van der Waals surface area (Å²) in [6.45, 7) is 0. The molecule has 0 aliphatic heterocycles. The summed E-state index contributed by atoms with van der Waals surface area (Å²) < 4.78 is 11.9. The van der Waals surface area contributed by atoms with E-state index in [0.29, 0.717) is 10.5 Å². The van der Waals surface area contributed by atoms with Gasteiger partial charge >= 0.3 is 0 Å². The number of hydrogen-bond donors (Lipinski definition) is 0. The molecule has 0 saturated carbocycles. The summed E-state index contributed by atoms with van der Waals surface area (Å²) in [4.78, 5) is 11.0. The van der Waals surface area contributed by atoms with Crippen molar-refractivity contribution in [3.8, 4) is 0 Å². The molecule has 11 heavy (non-hydrogen) atoms. The third-order valence-corrected chi connectivity index (χ3v) is 1.84. The van der Waals surface area contributed by atoms with Crippen molar-refractivity contribution in [2.45, 2.75) is 4.90 Å². The van der Waals surface area contributed by atoms with E-state index in [0.717, 1.165) is 0 Å². The van der Waals surface area contributed by atoms with Crippen LogP contribution in [0.25, 0.3) is 0 Å². The summed E-state index contributed by atoms with van der Waals surface area (Å²) in [6, 6.07) is 5.97. The Labute approximate surface area is 72.8 Å². The van der Waals surface area contributed by atoms with Crippen LogP contribution < -0.4 is 0 Å². The Kier molecular flexibility index (Phi) is 2.91. The van der Waals surface area contributed by atoms with Gasteiger partial charge in [-0.25, -0.2) is 0 Å². The van der Waals surface area contributed by atoms with E-state index in [4.69, 9.17) is 11.6 Å². The lowest BCUT2D eigenvalue weighted by atomic mass is 10.2. The van der Waals surface area contributed by atoms with Crippen LogP contribution in [0.4, 0.5) is 3.89 Å². The second-order valence-corrected chi connectivity index (χ2v) is 2.84. The van der Waals surface area contributed by atoms with Gasteiger partial charge in [0.25, 0.3) is 5.24 Å². The van der Waals surface area contributed by atoms with Gasteiger partial charge in [0, 0.05) is 10.5 Å². The van der Waals surface area contributed by atoms with Crippen molar-refractivity contribution >= 4 is 29.0 Å². The lowest BCUT2D eigenvalue weighted by Crippen LogP contribution is -1.86. The van der Waals surface area contributed by atoms with Crippen LogP contribution in [0.1, 0.15) is 10.4 Å². The largest absolute Gasteiger partial charge is 0.276 e. The maximum atomic E-state index is 11.9. The first-order chi connectivity index (χ1) is 5.24. The monoisotopic (exact) mass is 190 g/mol. The van der Waals surface area contributed by atoms with Crippen LogP contribution in [0, 0.1) is 0 Å². The fraction of sp³-hybridized carbons (Fsp3) is 0. The Morgan fingerprint density at radius 3 is 2.27 bits per heavy atom. The minimum Gasteiger partial charge on any atom is -0.276 e. The molecule has 0 aliphatic carbocycles. The van der Waals surface area contributed by atoms with E-state index in [2.05, 4.69) is 0 Å². The minimum atomic E-state index is -0.527. The molecule has 1 aromatic rings. The predicted molar refractivity (Wildman–Crippen MR) is 43.6 cm³/mol. The highest BCUT2D eigenvalue weighted by Gasteiger charge is 2.00. The molecule has 0 radical (unpaired) electrons. The number of carbonyl (C=O) groups is 1. The van der Waals surface area contributed by atoms with E-state index in [9.17, 15) is 8.68 Å². The van der Waals surface area contributed by atoms with Gasteiger partial charge in [0.05, 0.1) is 12.1 Å². The maximum Gasteiger partial charge on any atom is 0.252 e. The quantitative estimate of drug-likeness (QED) is 0.667. The molecule has 0 N–H and O–H groups in total. The molecule has 1 rings (SSSR count). The van der Waals surface area contributed by atoms with Crippen molar-refractivity contribution in [1.82, 2.24) is 0 Å². The molecule has 0 amide bonds. The molecule has 0 bridgehead atoms. The van der Waals surface area contributed by atoms with E-state index >= 15 is 0 Å². The van der Waals surface area contributed by atoms with Crippen LogP contribution in [0.15, 0.2) is 29.2 Å². The molecule has 4 heteroatoms. The van der Waals surface area contributed by atoms with Crippen molar-refractivity contribution in [3.63, 3.8) is 0 Å². The topological polar surface area (TPSA) is 17.1 Å². The van der Waals surface area contributed by atoms with Crippen molar-refractivity contribution in [2.24, 2.45) is 0 Å². The maximum absolute atomic E-state index is 11.9. The van der Waals surface area contributed by atoms with Gasteiger partial charge in [0.15, 0.2) is 0 Å². The minimum absolute atomic E-state index is 0.135. The Hall–Kier alpha value is -0.540. The van der Waals surface area contributed by atoms with Gasteiger partial charge in [-0.15, -0.1) is 0 Å². The zero-order valence-electron chi connectivity index (χ0n) is 5.38. The first-order valence-corrected chi connectivity index (χ1v) is 3.92. The van der Waals surface area contributed by atoms with Crippen LogP contribution >= 0.6 is 23.7 Å². The van der Waals surface area contributed by atoms with E-state index in [1.54, 1.807) is 0 Å². The first-order valence-electron chi connectivity index (χ1n) is 2.82. The third-order valence-electron chi connectivity index (χ3n) is 1.17. The summed E-state index contributed by atoms with van der Waals surface area (Å²) in [6.07, 6.45) is 0. The van der Waals surface area contributed by atoms with Crippen molar-refractivity contribution < 1.29 is 8.68 Å². The summed E-state index contributed by atoms with van der Waals surface area (Å²) in [7, 11) is 0. The van der Waals surface area contributed by atoms with Crippen LogP contribution in [-0.4, -0.2) is 5.24 Å². The number of rotatable bonds is 2. The highest BCUT2D eigenvalue weighted by Crippen LogP contribution is 2.19. The van der Waals surface area contributed by atoms with Crippen LogP contribution in [0.3, 0.4) is 0 Å². The molecule has 0 spiro atoms. The van der Waals surface area contributed by atoms with E-state index in [-0.39, 0.29) is 12.1 Å². The van der Waals surface area contributed by atoms with Crippen LogP contribution in [-0.2, 0) is 0 Å². The van der Waals surface area contributed by atoms with Crippen molar-refractivity contribution in [1.29, 1.82) is 0 Å². The fourth-order valence-corrected chi connectivity index (χ4v) is 1.00. The molecular formula is C7H4ClFOS. The van der Waals surface area contributed by atoms with Gasteiger partial charge in [-0.3, -0.25) is 4.79 Å². The Balaban J connectivity index is 2.91. The average Bonchev–Trinajstić information content (AvgIpc) is 2.05. The molecule has 0 unspecified atom stereocenters. The first kappa shape index (κ1) is 8.56. The van der Waals surface area contributed by atoms with E-state index in [1.807, 2.05) is 0 Å². The van der Waals surface area contributed by atoms with Crippen LogP contribution in [0.2, 0.25) is 0 Å². The molecule has 0 saturated heterocycles. The SMILES string of the molecule is O=C(Cl)c1ccc(SF)cc1. The van der Waals surface area contributed by atoms with Gasteiger partial charge < -0.3 is 0 Å². The zero-order chi connectivity index (χ0) is 8.27. The second kappa shape index (κ2) is 3.74. The standard InChI is InChI=1S/C7H4ClFOS/c8-7(10)5-1-3-6(11-9)4-2-5/h1-4H. The zero-order valence-corrected chi connectivity index (χ0v) is 6.95. The highest BCUT2D eigenvalue weighted by molar-refractivity contribution is 7.94. The summed E-state index contributed by atoms with van der Waals surface area (Å²) >= 11 is 5.29. The van der Waals surface area contributed by atoms with Gasteiger partial charge in [-0.1, -0.05) is 0 Å². The smallest absolute Gasteiger partial charge is 0.252 e. The fourth-order valence-electron chi connectivity index (χ4n) is 0.637. The van der Waals surface area contributed by atoms with Crippen molar-refractivity contribution in [2.75, 3.05) is 0 Å². The molecule has 0 heterocycles. The molecule has 0 fully saturated rings. The van der Waals surface area contributed by atoms with Gasteiger partial charge in [0.1, 0.15) is 0 Å². The van der Waals surface area contributed by atoms with E-state index in [1.165, 1.54) is 24.3 Å². The van der Waals surface area contributed by atoms with Crippen LogP contribution in [0.5, 0.6) is 0 Å². The number of carbonyl (C=O) groups excluding carboxylic acids is 1. The molecule has 0 aliphatic rings. The Morgan fingerprint density at radius 1 is 1.36 bits per heavy atom. The number of halogens is 2. The van der Waals surface area contributed by atoms with E-state index < -0.39 is 5.24 Å². The highest BCUT2D eigenvalue weighted by atomic mass is 35.5. The molecule has 1 nitrogen and oxygen atoms in total. The predicted octanol–water partition coefficient (Wildman–Crippen LogP) is 3.04. The van der Waals surface area contributed by atoms with Gasteiger partial charge in [-0.05, 0) is 35.9 Å². The Bertz CT molecular complexity index is 260. The summed E-state index contributed by atoms with van der Waals surface area (Å²) in [5.74, 6) is 0. The molecule has 0 atom stereocenters. The summed E-state index contributed by atoms with van der Waals surface area (Å²) in [5.41, 5.74) is 0.379. The number of benzene rings is 1. The molecule has 58 valence electrons. The molecule has 1 aromatic carbocycles. The normalized spacial score (nSPS) is 9.64. The molecule has 0 aromatic heterocycles. The summed E-state index contributed by atoms with van der Waals surface area (Å²) in [5, 5.41) is -0.527. The molecular weight excluding hydrogens is 187 g/mol. The average molecular weight is 191 g/mol. The van der Waals surface area contributed by atoms with Gasteiger partial charge in [-0.2, -0.15) is 3.89 Å². The second-order valence-electron chi connectivity index (χ2n) is 1.88. The lowest BCUT2D eigenvalue weighted by Gasteiger charge is -1.93.